The first-order valence-corrected chi connectivity index (χ1v) is 6.01. The summed E-state index contributed by atoms with van der Waals surface area (Å²) in [4.78, 5) is 39.8. The molecule has 3 N–H and O–H groups in total. The van der Waals surface area contributed by atoms with Crippen molar-refractivity contribution in [1.82, 2.24) is 9.88 Å². The highest BCUT2D eigenvalue weighted by Crippen LogP contribution is 2.38. The Morgan fingerprint density at radius 3 is 3.10 bits per heavy atom. The van der Waals surface area contributed by atoms with Crippen molar-refractivity contribution >= 4 is 24.0 Å². The average Bonchev–Trinajstić information content (AvgIpc) is 2.80. The van der Waals surface area contributed by atoms with Gasteiger partial charge >= 0.3 is 0 Å². The molecule has 8 heteroatoms. The quantitative estimate of drug-likeness (QED) is 0.663. The molecule has 1 saturated heterocycles. The predicted molar refractivity (Wildman–Crippen MR) is 66.6 cm³/mol. The molecule has 1 aromatic heterocycles. The van der Waals surface area contributed by atoms with E-state index in [1.807, 2.05) is 0 Å². The van der Waals surface area contributed by atoms with Crippen molar-refractivity contribution in [2.24, 2.45) is 5.73 Å². The predicted octanol–water partition coefficient (Wildman–Crippen LogP) is -1.13. The third kappa shape index (κ3) is 1.68. The van der Waals surface area contributed by atoms with Crippen LogP contribution in [0.4, 0.5) is 5.82 Å². The number of carbonyl (C=O) groups is 3. The van der Waals surface area contributed by atoms with Gasteiger partial charge in [-0.15, -0.1) is 0 Å². The summed E-state index contributed by atoms with van der Waals surface area (Å²) in [5.74, 6) is -0.368. The van der Waals surface area contributed by atoms with Crippen LogP contribution in [0.1, 0.15) is 6.42 Å². The fourth-order valence-corrected chi connectivity index (χ4v) is 2.56. The fourth-order valence-electron chi connectivity index (χ4n) is 2.56. The monoisotopic (exact) mass is 276 g/mol. The number of hydrogen-bond donors (Lipinski definition) is 2. The summed E-state index contributed by atoms with van der Waals surface area (Å²) in [6.45, 7) is -0.0235. The molecule has 0 saturated carbocycles. The first kappa shape index (κ1) is 12.4. The molecule has 2 aliphatic rings. The number of fused-ring (bicyclic) bond motifs is 1. The summed E-state index contributed by atoms with van der Waals surface area (Å²) >= 11 is 0. The van der Waals surface area contributed by atoms with Gasteiger partial charge in [0, 0.05) is 12.6 Å². The molecule has 8 nitrogen and oxygen atoms in total. The molecular weight excluding hydrogens is 264 g/mol. The summed E-state index contributed by atoms with van der Waals surface area (Å²) in [6.07, 6.45) is 2.06. The van der Waals surface area contributed by atoms with E-state index in [0.29, 0.717) is 18.0 Å². The molecule has 3 heterocycles. The first-order chi connectivity index (χ1) is 9.55. The van der Waals surface area contributed by atoms with Crippen LogP contribution in [0.3, 0.4) is 0 Å². The van der Waals surface area contributed by atoms with E-state index >= 15 is 0 Å². The maximum Gasteiger partial charge on any atom is 0.271 e. The van der Waals surface area contributed by atoms with E-state index in [-0.39, 0.29) is 13.0 Å². The van der Waals surface area contributed by atoms with Crippen molar-refractivity contribution in [3.63, 3.8) is 0 Å². The maximum absolute atomic E-state index is 12.2. The fraction of sp³-hybridized carbons (Fsp3) is 0.333. The first-order valence-electron chi connectivity index (χ1n) is 6.01. The highest BCUT2D eigenvalue weighted by atomic mass is 16.5. The second-order valence-electron chi connectivity index (χ2n) is 4.80. The van der Waals surface area contributed by atoms with Crippen molar-refractivity contribution < 1.29 is 19.1 Å². The number of carbonyl (C=O) groups excluding carboxylic acids is 3. The summed E-state index contributed by atoms with van der Waals surface area (Å²) in [6, 6.07) is 2.48. The van der Waals surface area contributed by atoms with Crippen LogP contribution in [0.2, 0.25) is 0 Å². The standard InChI is InChI=1S/C12H12N4O4/c13-9(18)7-4-12(5-16(7)6-17)11(19)15-10-8(20-12)2-1-3-14-10/h1-3,6-7H,4-5H2,(H2,13,18)(H,14,15,19)/t7-,12+/m0/s1. The molecule has 104 valence electrons. The van der Waals surface area contributed by atoms with Crippen LogP contribution in [0.5, 0.6) is 5.75 Å². The van der Waals surface area contributed by atoms with Gasteiger partial charge in [-0.3, -0.25) is 14.4 Å². The number of likely N-dealkylation sites (tertiary alicyclic amines) is 1. The molecule has 1 fully saturated rings. The van der Waals surface area contributed by atoms with Crippen LogP contribution < -0.4 is 15.8 Å². The number of ether oxygens (including phenoxy) is 1. The van der Waals surface area contributed by atoms with Gasteiger partial charge in [0.1, 0.15) is 6.04 Å². The van der Waals surface area contributed by atoms with E-state index in [9.17, 15) is 14.4 Å². The summed E-state index contributed by atoms with van der Waals surface area (Å²) < 4.78 is 5.72. The number of rotatable bonds is 2. The normalized spacial score (nSPS) is 27.7. The number of pyridine rings is 1. The molecule has 20 heavy (non-hydrogen) atoms. The Morgan fingerprint density at radius 2 is 2.45 bits per heavy atom. The van der Waals surface area contributed by atoms with Gasteiger partial charge < -0.3 is 20.7 Å². The molecule has 0 aliphatic carbocycles. The Bertz CT molecular complexity index is 605. The average molecular weight is 276 g/mol. The minimum absolute atomic E-state index is 0.0235. The number of amides is 3. The molecule has 1 spiro atoms. The number of nitrogens with one attached hydrogen (secondary N) is 1. The van der Waals surface area contributed by atoms with Gasteiger partial charge in [0.25, 0.3) is 5.91 Å². The van der Waals surface area contributed by atoms with Gasteiger partial charge in [0.2, 0.25) is 17.9 Å². The molecule has 1 aromatic rings. The third-order valence-corrected chi connectivity index (χ3v) is 3.55. The Hall–Kier alpha value is -2.64. The number of aromatic nitrogens is 1. The molecule has 3 amide bonds. The zero-order chi connectivity index (χ0) is 14.3. The van der Waals surface area contributed by atoms with Crippen molar-refractivity contribution in [3.8, 4) is 5.75 Å². The molecule has 0 aromatic carbocycles. The van der Waals surface area contributed by atoms with Crippen LogP contribution in [-0.4, -0.2) is 46.3 Å². The zero-order valence-corrected chi connectivity index (χ0v) is 10.4. The number of primary amides is 1. The third-order valence-electron chi connectivity index (χ3n) is 3.55. The second-order valence-corrected chi connectivity index (χ2v) is 4.80. The molecule has 2 aliphatic heterocycles. The zero-order valence-electron chi connectivity index (χ0n) is 10.4. The Morgan fingerprint density at radius 1 is 1.65 bits per heavy atom. The van der Waals surface area contributed by atoms with Crippen molar-refractivity contribution in [1.29, 1.82) is 0 Å². The molecule has 2 atom stereocenters. The van der Waals surface area contributed by atoms with Gasteiger partial charge in [-0.05, 0) is 12.1 Å². The Labute approximate surface area is 113 Å². The lowest BCUT2D eigenvalue weighted by Gasteiger charge is -2.33. The molecule has 0 radical (unpaired) electrons. The molecule has 3 rings (SSSR count). The van der Waals surface area contributed by atoms with Crippen LogP contribution in [0, 0.1) is 0 Å². The van der Waals surface area contributed by atoms with Crippen LogP contribution in [-0.2, 0) is 14.4 Å². The lowest BCUT2D eigenvalue weighted by Crippen LogP contribution is -2.52. The molecular formula is C12H12N4O4. The lowest BCUT2D eigenvalue weighted by molar-refractivity contribution is -0.132. The summed E-state index contributed by atoms with van der Waals surface area (Å²) in [5.41, 5.74) is 3.96. The Balaban J connectivity index is 1.96. The van der Waals surface area contributed by atoms with E-state index in [4.69, 9.17) is 10.5 Å². The lowest BCUT2D eigenvalue weighted by atomic mass is 9.97. The number of nitrogens with zero attached hydrogens (tertiary/aromatic N) is 2. The van der Waals surface area contributed by atoms with Crippen LogP contribution in [0.15, 0.2) is 18.3 Å². The van der Waals surface area contributed by atoms with Gasteiger partial charge in [-0.1, -0.05) is 0 Å². The second kappa shape index (κ2) is 4.19. The van der Waals surface area contributed by atoms with Crippen molar-refractivity contribution in [2.75, 3.05) is 11.9 Å². The van der Waals surface area contributed by atoms with Gasteiger partial charge in [-0.25, -0.2) is 4.98 Å². The van der Waals surface area contributed by atoms with E-state index in [1.54, 1.807) is 12.1 Å². The highest BCUT2D eigenvalue weighted by molar-refractivity contribution is 6.01. The number of nitrogens with two attached hydrogens (primary N) is 1. The Kier molecular flexibility index (Phi) is 2.60. The summed E-state index contributed by atoms with van der Waals surface area (Å²) in [7, 11) is 0. The number of hydrogen-bond acceptors (Lipinski definition) is 5. The molecule has 0 bridgehead atoms. The maximum atomic E-state index is 12.2. The van der Waals surface area contributed by atoms with Crippen molar-refractivity contribution in [3.05, 3.63) is 18.3 Å². The van der Waals surface area contributed by atoms with E-state index in [2.05, 4.69) is 10.3 Å². The largest absolute Gasteiger partial charge is 0.472 e. The van der Waals surface area contributed by atoms with Gasteiger partial charge in [0.15, 0.2) is 11.6 Å². The van der Waals surface area contributed by atoms with Crippen LogP contribution >= 0.6 is 0 Å². The summed E-state index contributed by atoms with van der Waals surface area (Å²) in [5, 5.41) is 2.63. The van der Waals surface area contributed by atoms with Crippen LogP contribution in [0.25, 0.3) is 0 Å². The van der Waals surface area contributed by atoms with E-state index in [1.165, 1.54) is 11.1 Å². The smallest absolute Gasteiger partial charge is 0.271 e. The van der Waals surface area contributed by atoms with Gasteiger partial charge in [-0.2, -0.15) is 0 Å². The minimum atomic E-state index is -1.30. The SMILES string of the molecule is NC(=O)[C@@H]1C[C@]2(CN1C=O)Oc1cccnc1NC2=O. The molecule has 0 unspecified atom stereocenters. The van der Waals surface area contributed by atoms with E-state index in [0.717, 1.165) is 0 Å². The van der Waals surface area contributed by atoms with Gasteiger partial charge in [0.05, 0.1) is 6.54 Å². The topological polar surface area (TPSA) is 115 Å². The van der Waals surface area contributed by atoms with Crippen molar-refractivity contribution in [2.45, 2.75) is 18.1 Å². The number of anilines is 1. The van der Waals surface area contributed by atoms with E-state index < -0.39 is 23.5 Å². The highest BCUT2D eigenvalue weighted by Gasteiger charge is 2.55. The minimum Gasteiger partial charge on any atom is -0.472 e.